The molecule has 0 N–H and O–H groups in total. The molecule has 0 fully saturated rings. The first-order valence-electron chi connectivity index (χ1n) is 7.90. The van der Waals surface area contributed by atoms with Crippen molar-refractivity contribution in [2.75, 3.05) is 0 Å². The summed E-state index contributed by atoms with van der Waals surface area (Å²) in [4.78, 5) is 17.6. The van der Waals surface area contributed by atoms with Crippen LogP contribution in [0, 0.1) is 6.92 Å². The molecule has 0 aliphatic rings. The van der Waals surface area contributed by atoms with Gasteiger partial charge >= 0.3 is 0 Å². The predicted octanol–water partition coefficient (Wildman–Crippen LogP) is 4.70. The van der Waals surface area contributed by atoms with Gasteiger partial charge in [0.2, 0.25) is 0 Å². The lowest BCUT2D eigenvalue weighted by atomic mass is 10.1. The SMILES string of the molecule is Cc1ccccc1CSc1nc2ccsc2c(=O)n1Cc1ccco1. The number of hydrogen-bond donors (Lipinski definition) is 0. The Balaban J connectivity index is 1.73. The molecule has 4 rings (SSSR count). The molecule has 0 atom stereocenters. The molecule has 0 saturated heterocycles. The van der Waals surface area contributed by atoms with Crippen molar-refractivity contribution in [2.45, 2.75) is 24.4 Å². The summed E-state index contributed by atoms with van der Waals surface area (Å²) in [5.41, 5.74) is 3.24. The number of benzene rings is 1. The number of aromatic nitrogens is 2. The van der Waals surface area contributed by atoms with Gasteiger partial charge in [-0.25, -0.2) is 4.98 Å². The number of furan rings is 1. The Morgan fingerprint density at radius 2 is 2.08 bits per heavy atom. The summed E-state index contributed by atoms with van der Waals surface area (Å²) in [6, 6.07) is 13.9. The molecule has 0 bridgehead atoms. The third kappa shape index (κ3) is 3.27. The minimum absolute atomic E-state index is 0.0105. The average Bonchev–Trinajstić information content (AvgIpc) is 3.29. The van der Waals surface area contributed by atoms with Crippen LogP contribution in [0.4, 0.5) is 0 Å². The topological polar surface area (TPSA) is 48.0 Å². The number of hydrogen-bond acceptors (Lipinski definition) is 5. The Kier molecular flexibility index (Phi) is 4.46. The lowest BCUT2D eigenvalue weighted by Gasteiger charge is -2.11. The van der Waals surface area contributed by atoms with Crippen LogP contribution in [0.3, 0.4) is 0 Å². The van der Waals surface area contributed by atoms with E-state index in [1.54, 1.807) is 22.6 Å². The first-order chi connectivity index (χ1) is 12.2. The van der Waals surface area contributed by atoms with E-state index in [-0.39, 0.29) is 5.56 Å². The Morgan fingerprint density at radius 1 is 1.20 bits per heavy atom. The normalized spacial score (nSPS) is 11.2. The van der Waals surface area contributed by atoms with Gasteiger partial charge in [0, 0.05) is 5.75 Å². The molecule has 25 heavy (non-hydrogen) atoms. The highest BCUT2D eigenvalue weighted by Crippen LogP contribution is 2.25. The number of thioether (sulfide) groups is 1. The van der Waals surface area contributed by atoms with Crippen molar-refractivity contribution in [3.63, 3.8) is 0 Å². The molecule has 3 heterocycles. The van der Waals surface area contributed by atoms with Crippen LogP contribution < -0.4 is 5.56 Å². The van der Waals surface area contributed by atoms with E-state index in [0.29, 0.717) is 11.2 Å². The van der Waals surface area contributed by atoms with Crippen LogP contribution in [0.1, 0.15) is 16.9 Å². The van der Waals surface area contributed by atoms with Crippen LogP contribution in [-0.2, 0) is 12.3 Å². The zero-order valence-electron chi connectivity index (χ0n) is 13.6. The van der Waals surface area contributed by atoms with Crippen molar-refractivity contribution < 1.29 is 4.42 Å². The summed E-state index contributed by atoms with van der Waals surface area (Å²) in [5, 5.41) is 2.63. The maximum absolute atomic E-state index is 12.9. The summed E-state index contributed by atoms with van der Waals surface area (Å²) in [6.45, 7) is 2.49. The molecule has 126 valence electrons. The van der Waals surface area contributed by atoms with Gasteiger partial charge in [0.15, 0.2) is 5.16 Å². The minimum Gasteiger partial charge on any atom is -0.467 e. The zero-order chi connectivity index (χ0) is 17.2. The van der Waals surface area contributed by atoms with Crippen LogP contribution in [0.2, 0.25) is 0 Å². The quantitative estimate of drug-likeness (QED) is 0.378. The highest BCUT2D eigenvalue weighted by molar-refractivity contribution is 7.98. The summed E-state index contributed by atoms with van der Waals surface area (Å²) in [6.07, 6.45) is 1.62. The van der Waals surface area contributed by atoms with Gasteiger partial charge in [0.05, 0.1) is 18.3 Å². The maximum Gasteiger partial charge on any atom is 0.272 e. The van der Waals surface area contributed by atoms with Crippen molar-refractivity contribution in [1.29, 1.82) is 0 Å². The molecule has 0 saturated carbocycles. The third-order valence-electron chi connectivity index (χ3n) is 4.04. The van der Waals surface area contributed by atoms with Crippen molar-refractivity contribution in [1.82, 2.24) is 9.55 Å². The molecule has 0 amide bonds. The Bertz CT molecular complexity index is 1060. The highest BCUT2D eigenvalue weighted by atomic mass is 32.2. The Labute approximate surface area is 153 Å². The van der Waals surface area contributed by atoms with E-state index in [2.05, 4.69) is 19.1 Å². The first-order valence-corrected chi connectivity index (χ1v) is 9.76. The summed E-state index contributed by atoms with van der Waals surface area (Å²) in [7, 11) is 0. The largest absolute Gasteiger partial charge is 0.467 e. The molecule has 0 aliphatic carbocycles. The van der Waals surface area contributed by atoms with E-state index >= 15 is 0 Å². The van der Waals surface area contributed by atoms with Crippen molar-refractivity contribution in [3.8, 4) is 0 Å². The fourth-order valence-electron chi connectivity index (χ4n) is 2.65. The van der Waals surface area contributed by atoms with Crippen molar-refractivity contribution in [3.05, 3.63) is 81.3 Å². The number of thiophene rings is 1. The monoisotopic (exact) mass is 368 g/mol. The number of aryl methyl sites for hydroxylation is 1. The maximum atomic E-state index is 12.9. The van der Waals surface area contributed by atoms with Crippen molar-refractivity contribution in [2.24, 2.45) is 0 Å². The lowest BCUT2D eigenvalue weighted by Crippen LogP contribution is -2.23. The molecule has 0 unspecified atom stereocenters. The van der Waals surface area contributed by atoms with Gasteiger partial charge in [-0.15, -0.1) is 11.3 Å². The molecular weight excluding hydrogens is 352 g/mol. The molecule has 4 nitrogen and oxygen atoms in total. The molecule has 6 heteroatoms. The molecule has 3 aromatic heterocycles. The second-order valence-electron chi connectivity index (χ2n) is 5.72. The van der Waals surface area contributed by atoms with Crippen molar-refractivity contribution >= 4 is 33.3 Å². The third-order valence-corrected chi connectivity index (χ3v) is 5.96. The zero-order valence-corrected chi connectivity index (χ0v) is 15.3. The smallest absolute Gasteiger partial charge is 0.272 e. The molecule has 1 aromatic carbocycles. The molecular formula is C19H16N2O2S2. The molecule has 0 aliphatic heterocycles. The molecule has 0 spiro atoms. The van der Waals surface area contributed by atoms with Gasteiger partial charge in [-0.2, -0.15) is 0 Å². The van der Waals surface area contributed by atoms with Crippen LogP contribution >= 0.6 is 23.1 Å². The molecule has 0 radical (unpaired) electrons. The molecule has 4 aromatic rings. The van der Waals surface area contributed by atoms with Gasteiger partial charge in [0.25, 0.3) is 5.56 Å². The second kappa shape index (κ2) is 6.90. The van der Waals surface area contributed by atoms with Gasteiger partial charge in [-0.05, 0) is 41.6 Å². The number of fused-ring (bicyclic) bond motifs is 1. The van der Waals surface area contributed by atoms with Crippen LogP contribution in [0.15, 0.2) is 68.5 Å². The average molecular weight is 368 g/mol. The van der Waals surface area contributed by atoms with E-state index in [0.717, 1.165) is 22.2 Å². The fraction of sp³-hybridized carbons (Fsp3) is 0.158. The van der Waals surface area contributed by atoms with E-state index < -0.39 is 0 Å². The van der Waals surface area contributed by atoms with E-state index in [1.165, 1.54) is 22.5 Å². The predicted molar refractivity (Wildman–Crippen MR) is 102 cm³/mol. The highest BCUT2D eigenvalue weighted by Gasteiger charge is 2.14. The second-order valence-corrected chi connectivity index (χ2v) is 7.57. The van der Waals surface area contributed by atoms with Crippen LogP contribution in [0.25, 0.3) is 10.2 Å². The van der Waals surface area contributed by atoms with Gasteiger partial charge in [-0.3, -0.25) is 9.36 Å². The minimum atomic E-state index is -0.0105. The number of nitrogens with zero attached hydrogens (tertiary/aromatic N) is 2. The Morgan fingerprint density at radius 3 is 2.88 bits per heavy atom. The van der Waals surface area contributed by atoms with Crippen LogP contribution in [-0.4, -0.2) is 9.55 Å². The summed E-state index contributed by atoms with van der Waals surface area (Å²) < 4.78 is 7.83. The Hall–Kier alpha value is -2.31. The number of rotatable bonds is 5. The van der Waals surface area contributed by atoms with Crippen LogP contribution in [0.5, 0.6) is 0 Å². The standard InChI is InChI=1S/C19H16N2O2S2/c1-13-5-2-3-6-14(13)12-25-19-20-16-8-10-24-17(16)18(22)21(19)11-15-7-4-9-23-15/h2-10H,11-12H2,1H3. The van der Waals surface area contributed by atoms with E-state index in [4.69, 9.17) is 9.40 Å². The van der Waals surface area contributed by atoms with E-state index in [1.807, 2.05) is 35.7 Å². The van der Waals surface area contributed by atoms with Gasteiger partial charge in [-0.1, -0.05) is 36.0 Å². The summed E-state index contributed by atoms with van der Waals surface area (Å²) >= 11 is 3.01. The van der Waals surface area contributed by atoms with E-state index in [9.17, 15) is 4.79 Å². The van der Waals surface area contributed by atoms with Gasteiger partial charge < -0.3 is 4.42 Å². The lowest BCUT2D eigenvalue weighted by molar-refractivity contribution is 0.477. The fourth-order valence-corrected chi connectivity index (χ4v) is 4.50. The first kappa shape index (κ1) is 16.2. The summed E-state index contributed by atoms with van der Waals surface area (Å²) in [5.74, 6) is 1.52. The van der Waals surface area contributed by atoms with Gasteiger partial charge in [0.1, 0.15) is 10.5 Å².